The van der Waals surface area contributed by atoms with Crippen molar-refractivity contribution in [3.05, 3.63) is 29.3 Å². The fourth-order valence-corrected chi connectivity index (χ4v) is 2.32. The van der Waals surface area contributed by atoms with Gasteiger partial charge in [-0.05, 0) is 20.3 Å². The normalized spacial score (nSPS) is 10.8. The van der Waals surface area contributed by atoms with Crippen molar-refractivity contribution in [2.45, 2.75) is 27.2 Å². The zero-order valence-electron chi connectivity index (χ0n) is 15.5. The van der Waals surface area contributed by atoms with Gasteiger partial charge in [-0.1, -0.05) is 12.1 Å². The molecule has 3 aromatic rings. The van der Waals surface area contributed by atoms with Gasteiger partial charge in [-0.3, -0.25) is 4.79 Å². The molecule has 0 saturated carbocycles. The minimum atomic E-state index is -0.792. The molecule has 0 aliphatic heterocycles. The van der Waals surface area contributed by atoms with Crippen molar-refractivity contribution in [2.75, 3.05) is 18.5 Å². The lowest BCUT2D eigenvalue weighted by atomic mass is 10.3. The highest BCUT2D eigenvalue weighted by molar-refractivity contribution is 6.07. The van der Waals surface area contributed by atoms with Gasteiger partial charge in [0.2, 0.25) is 5.76 Å². The Labute approximate surface area is 158 Å². The molecule has 1 N–H and O–H groups in total. The molecule has 0 saturated heterocycles. The van der Waals surface area contributed by atoms with Crippen molar-refractivity contribution in [2.24, 2.45) is 0 Å². The third-order valence-corrected chi connectivity index (χ3v) is 3.53. The fraction of sp³-hybridized carbons (Fsp3) is 0.353. The van der Waals surface area contributed by atoms with Gasteiger partial charge in [-0.15, -0.1) is 5.10 Å². The molecule has 0 atom stereocenters. The number of nitrogens with one attached hydrogen (secondary N) is 1. The van der Waals surface area contributed by atoms with Gasteiger partial charge in [-0.25, -0.2) is 9.59 Å². The number of furan rings is 1. The maximum atomic E-state index is 12.3. The Hall–Kier alpha value is -3.63. The second-order valence-electron chi connectivity index (χ2n) is 5.70. The summed E-state index contributed by atoms with van der Waals surface area (Å²) in [6.45, 7) is 5.46. The highest BCUT2D eigenvalue weighted by atomic mass is 16.6. The van der Waals surface area contributed by atoms with Gasteiger partial charge in [0.1, 0.15) is 11.3 Å². The summed E-state index contributed by atoms with van der Waals surface area (Å²) in [5.41, 5.74) is 0.184. The summed E-state index contributed by atoms with van der Waals surface area (Å²) in [7, 11) is 0. The van der Waals surface area contributed by atoms with E-state index in [9.17, 15) is 14.4 Å². The second kappa shape index (κ2) is 7.94. The fourth-order valence-electron chi connectivity index (χ4n) is 2.32. The average molecular weight is 390 g/mol. The van der Waals surface area contributed by atoms with E-state index in [4.69, 9.17) is 18.4 Å². The Balaban J connectivity index is 1.98. The van der Waals surface area contributed by atoms with Crippen molar-refractivity contribution in [1.82, 2.24) is 14.9 Å². The van der Waals surface area contributed by atoms with Gasteiger partial charge in [0.15, 0.2) is 17.1 Å². The van der Waals surface area contributed by atoms with Crippen molar-refractivity contribution in [1.29, 1.82) is 0 Å². The standard InChI is InChI=1S/C17H18N4O7/c1-4-6-26-16(23)12-8-11-13(27-12)14(19-21(11)17(24)25-5-2)18-15(22)10-7-9(3)28-20-10/h7-8H,4-6H2,1-3H3,(H,18,19,22). The second-order valence-corrected chi connectivity index (χ2v) is 5.70. The predicted octanol–water partition coefficient (Wildman–Crippen LogP) is 2.75. The van der Waals surface area contributed by atoms with Gasteiger partial charge < -0.3 is 23.7 Å². The largest absolute Gasteiger partial charge is 0.460 e. The number of aromatic nitrogens is 3. The number of ether oxygens (including phenoxy) is 2. The van der Waals surface area contributed by atoms with Crippen molar-refractivity contribution < 1.29 is 32.8 Å². The van der Waals surface area contributed by atoms with Crippen LogP contribution in [-0.2, 0) is 9.47 Å². The third-order valence-electron chi connectivity index (χ3n) is 3.53. The van der Waals surface area contributed by atoms with Crippen LogP contribution in [0.4, 0.5) is 10.6 Å². The minimum Gasteiger partial charge on any atom is -0.460 e. The first kappa shape index (κ1) is 19.1. The van der Waals surface area contributed by atoms with Crippen molar-refractivity contribution in [3.8, 4) is 0 Å². The Morgan fingerprint density at radius 1 is 1.21 bits per heavy atom. The first-order chi connectivity index (χ1) is 13.4. The van der Waals surface area contributed by atoms with E-state index in [1.807, 2.05) is 6.92 Å². The maximum absolute atomic E-state index is 12.3. The van der Waals surface area contributed by atoms with E-state index < -0.39 is 18.0 Å². The molecule has 0 aliphatic rings. The lowest BCUT2D eigenvalue weighted by Gasteiger charge is -2.02. The molecule has 11 nitrogen and oxygen atoms in total. The zero-order valence-corrected chi connectivity index (χ0v) is 15.5. The molecule has 0 aromatic carbocycles. The third kappa shape index (κ3) is 3.72. The number of aryl methyl sites for hydroxylation is 1. The number of carbonyl (C=O) groups excluding carboxylic acids is 3. The van der Waals surface area contributed by atoms with Gasteiger partial charge in [0.25, 0.3) is 5.91 Å². The summed E-state index contributed by atoms with van der Waals surface area (Å²) >= 11 is 0. The van der Waals surface area contributed by atoms with Crippen LogP contribution in [-0.4, -0.2) is 46.1 Å². The van der Waals surface area contributed by atoms with Crippen LogP contribution in [0.15, 0.2) is 21.1 Å². The van der Waals surface area contributed by atoms with E-state index in [2.05, 4.69) is 15.6 Å². The van der Waals surface area contributed by atoms with Crippen LogP contribution in [0.2, 0.25) is 0 Å². The van der Waals surface area contributed by atoms with E-state index in [0.29, 0.717) is 12.2 Å². The monoisotopic (exact) mass is 390 g/mol. The van der Waals surface area contributed by atoms with Gasteiger partial charge in [0, 0.05) is 12.1 Å². The Morgan fingerprint density at radius 3 is 2.64 bits per heavy atom. The number of amides is 1. The Morgan fingerprint density at radius 2 is 2.00 bits per heavy atom. The molecule has 0 radical (unpaired) electrons. The van der Waals surface area contributed by atoms with E-state index in [-0.39, 0.29) is 41.6 Å². The molecule has 3 heterocycles. The molecule has 0 bridgehead atoms. The quantitative estimate of drug-likeness (QED) is 0.629. The summed E-state index contributed by atoms with van der Waals surface area (Å²) in [5.74, 6) is -1.09. The molecule has 148 valence electrons. The number of esters is 1. The highest BCUT2D eigenvalue weighted by Gasteiger charge is 2.26. The van der Waals surface area contributed by atoms with Crippen LogP contribution >= 0.6 is 0 Å². The smallest absolute Gasteiger partial charge is 0.435 e. The number of anilines is 1. The van der Waals surface area contributed by atoms with Gasteiger partial charge in [-0.2, -0.15) is 4.68 Å². The first-order valence-electron chi connectivity index (χ1n) is 8.56. The lowest BCUT2D eigenvalue weighted by Crippen LogP contribution is -2.17. The zero-order chi connectivity index (χ0) is 20.3. The number of nitrogens with zero attached hydrogens (tertiary/aromatic N) is 3. The van der Waals surface area contributed by atoms with Crippen LogP contribution in [0.3, 0.4) is 0 Å². The minimum absolute atomic E-state index is 0.0186. The van der Waals surface area contributed by atoms with E-state index >= 15 is 0 Å². The van der Waals surface area contributed by atoms with Crippen LogP contribution in [0, 0.1) is 6.92 Å². The summed E-state index contributed by atoms with van der Waals surface area (Å²) < 4.78 is 21.2. The SMILES string of the molecule is CCCOC(=O)c1cc2c(o1)c(NC(=O)c1cc(C)on1)nn2C(=O)OCC. The Kier molecular flexibility index (Phi) is 5.43. The molecule has 11 heteroatoms. The number of carbonyl (C=O) groups is 3. The predicted molar refractivity (Wildman–Crippen MR) is 94.2 cm³/mol. The molecular formula is C17H18N4O7. The summed E-state index contributed by atoms with van der Waals surface area (Å²) in [6, 6.07) is 2.73. The molecule has 0 unspecified atom stereocenters. The van der Waals surface area contributed by atoms with Crippen LogP contribution in [0.1, 0.15) is 47.1 Å². The number of fused-ring (bicyclic) bond motifs is 1. The van der Waals surface area contributed by atoms with Crippen LogP contribution in [0.25, 0.3) is 11.1 Å². The molecule has 0 spiro atoms. The van der Waals surface area contributed by atoms with Gasteiger partial charge >= 0.3 is 12.1 Å². The van der Waals surface area contributed by atoms with Gasteiger partial charge in [0.05, 0.1) is 13.2 Å². The molecule has 0 aliphatic carbocycles. The van der Waals surface area contributed by atoms with E-state index in [0.717, 1.165) is 4.68 Å². The molecule has 1 amide bonds. The summed E-state index contributed by atoms with van der Waals surface area (Å²) in [4.78, 5) is 36.6. The summed E-state index contributed by atoms with van der Waals surface area (Å²) in [5, 5.41) is 10.1. The molecule has 3 rings (SSSR count). The van der Waals surface area contributed by atoms with Crippen LogP contribution < -0.4 is 5.32 Å². The lowest BCUT2D eigenvalue weighted by molar-refractivity contribution is 0.0471. The number of hydrogen-bond donors (Lipinski definition) is 1. The van der Waals surface area contributed by atoms with Crippen molar-refractivity contribution >= 4 is 34.9 Å². The average Bonchev–Trinajstić information content (AvgIpc) is 3.36. The summed E-state index contributed by atoms with van der Waals surface area (Å²) in [6.07, 6.45) is -0.152. The topological polar surface area (TPSA) is 139 Å². The molecule has 28 heavy (non-hydrogen) atoms. The Bertz CT molecular complexity index is 1030. The highest BCUT2D eigenvalue weighted by Crippen LogP contribution is 2.28. The molecule has 0 fully saturated rings. The van der Waals surface area contributed by atoms with Crippen LogP contribution in [0.5, 0.6) is 0 Å². The number of hydrogen-bond acceptors (Lipinski definition) is 9. The molecular weight excluding hydrogens is 372 g/mol. The van der Waals surface area contributed by atoms with E-state index in [1.165, 1.54) is 12.1 Å². The first-order valence-corrected chi connectivity index (χ1v) is 8.56. The van der Waals surface area contributed by atoms with Crippen molar-refractivity contribution in [3.63, 3.8) is 0 Å². The maximum Gasteiger partial charge on any atom is 0.435 e. The number of rotatable bonds is 6. The van der Waals surface area contributed by atoms with E-state index in [1.54, 1.807) is 13.8 Å². The molecule has 3 aromatic heterocycles.